The monoisotopic (exact) mass is 315 g/mol. The molecule has 0 aliphatic heterocycles. The fourth-order valence-corrected chi connectivity index (χ4v) is 2.75. The van der Waals surface area contributed by atoms with E-state index in [2.05, 4.69) is 4.98 Å². The molecule has 0 amide bonds. The molecule has 2 N–H and O–H groups in total. The van der Waals surface area contributed by atoms with Crippen LogP contribution >= 0.6 is 0 Å². The molecular weight excluding hydrogens is 296 g/mol. The Morgan fingerprint density at radius 2 is 1.74 bits per heavy atom. The molecule has 0 radical (unpaired) electrons. The number of imidazole rings is 1. The second-order valence-electron chi connectivity index (χ2n) is 5.59. The third kappa shape index (κ3) is 3.40. The smallest absolute Gasteiger partial charge is 0.161 e. The standard InChI is InChI=1S/C18H19F2N3/c19-14-11-16-17(12-15(14)20)23(9-5-4-8-21)18(22-16)10-13-6-2-1-3-7-13/h1-3,6-7,11-12H,4-5,8-10,21H2. The molecule has 23 heavy (non-hydrogen) atoms. The summed E-state index contributed by atoms with van der Waals surface area (Å²) in [6.45, 7) is 1.31. The van der Waals surface area contributed by atoms with Gasteiger partial charge in [0.1, 0.15) is 5.82 Å². The molecule has 5 heteroatoms. The van der Waals surface area contributed by atoms with E-state index in [-0.39, 0.29) is 0 Å². The Labute approximate surface area is 133 Å². The molecule has 1 aromatic heterocycles. The fraction of sp³-hybridized carbons (Fsp3) is 0.278. The van der Waals surface area contributed by atoms with Crippen molar-refractivity contribution in [3.8, 4) is 0 Å². The van der Waals surface area contributed by atoms with Gasteiger partial charge in [-0.2, -0.15) is 0 Å². The Hall–Kier alpha value is -2.27. The first-order valence-electron chi connectivity index (χ1n) is 7.77. The van der Waals surface area contributed by atoms with Gasteiger partial charge in [0.2, 0.25) is 0 Å². The number of hydrogen-bond acceptors (Lipinski definition) is 2. The van der Waals surface area contributed by atoms with Crippen molar-refractivity contribution < 1.29 is 8.78 Å². The quantitative estimate of drug-likeness (QED) is 0.706. The molecule has 0 unspecified atom stereocenters. The number of hydrogen-bond donors (Lipinski definition) is 1. The number of fused-ring (bicyclic) bond motifs is 1. The number of benzene rings is 2. The number of nitrogens with two attached hydrogens (primary N) is 1. The third-order valence-electron chi connectivity index (χ3n) is 3.91. The minimum atomic E-state index is -0.865. The average molecular weight is 315 g/mol. The SMILES string of the molecule is NCCCCn1c(Cc2ccccc2)nc2cc(F)c(F)cc21. The second kappa shape index (κ2) is 6.87. The normalized spacial score (nSPS) is 11.3. The van der Waals surface area contributed by atoms with Crippen molar-refractivity contribution in [2.24, 2.45) is 5.73 Å². The van der Waals surface area contributed by atoms with E-state index in [0.29, 0.717) is 30.5 Å². The van der Waals surface area contributed by atoms with Gasteiger partial charge in [-0.1, -0.05) is 30.3 Å². The van der Waals surface area contributed by atoms with Crippen LogP contribution in [0.2, 0.25) is 0 Å². The van der Waals surface area contributed by atoms with Crippen LogP contribution in [0.15, 0.2) is 42.5 Å². The van der Waals surface area contributed by atoms with Crippen LogP contribution in [0, 0.1) is 11.6 Å². The number of aromatic nitrogens is 2. The first-order valence-corrected chi connectivity index (χ1v) is 7.77. The molecule has 0 aliphatic carbocycles. The molecule has 0 atom stereocenters. The van der Waals surface area contributed by atoms with Gasteiger partial charge < -0.3 is 10.3 Å². The van der Waals surface area contributed by atoms with Gasteiger partial charge in [0.15, 0.2) is 11.6 Å². The summed E-state index contributed by atoms with van der Waals surface area (Å²) >= 11 is 0. The average Bonchev–Trinajstić information content (AvgIpc) is 2.86. The topological polar surface area (TPSA) is 43.8 Å². The molecule has 120 valence electrons. The van der Waals surface area contributed by atoms with Crippen molar-refractivity contribution in [1.82, 2.24) is 9.55 Å². The van der Waals surface area contributed by atoms with Gasteiger partial charge in [0.05, 0.1) is 11.0 Å². The summed E-state index contributed by atoms with van der Waals surface area (Å²) in [6.07, 6.45) is 2.39. The van der Waals surface area contributed by atoms with Crippen LogP contribution in [0.3, 0.4) is 0 Å². The minimum Gasteiger partial charge on any atom is -0.330 e. The number of nitrogens with zero attached hydrogens (tertiary/aromatic N) is 2. The van der Waals surface area contributed by atoms with Gasteiger partial charge in [-0.15, -0.1) is 0 Å². The predicted molar refractivity (Wildman–Crippen MR) is 87.2 cm³/mol. The van der Waals surface area contributed by atoms with E-state index in [1.807, 2.05) is 34.9 Å². The highest BCUT2D eigenvalue weighted by Gasteiger charge is 2.14. The van der Waals surface area contributed by atoms with Gasteiger partial charge >= 0.3 is 0 Å². The van der Waals surface area contributed by atoms with E-state index >= 15 is 0 Å². The summed E-state index contributed by atoms with van der Waals surface area (Å²) in [5.41, 5.74) is 7.79. The maximum Gasteiger partial charge on any atom is 0.161 e. The van der Waals surface area contributed by atoms with Crippen LogP contribution in [0.1, 0.15) is 24.2 Å². The number of rotatable bonds is 6. The zero-order valence-electron chi connectivity index (χ0n) is 12.8. The Morgan fingerprint density at radius 3 is 2.48 bits per heavy atom. The fourth-order valence-electron chi connectivity index (χ4n) is 2.75. The largest absolute Gasteiger partial charge is 0.330 e. The molecule has 3 aromatic rings. The maximum absolute atomic E-state index is 13.6. The number of unbranched alkanes of at least 4 members (excludes halogenated alkanes) is 1. The van der Waals surface area contributed by atoms with Crippen molar-refractivity contribution in [2.75, 3.05) is 6.54 Å². The molecule has 1 heterocycles. The first-order chi connectivity index (χ1) is 11.2. The predicted octanol–water partition coefficient (Wildman–Crippen LogP) is 3.64. The Kier molecular flexibility index (Phi) is 4.67. The molecule has 3 nitrogen and oxygen atoms in total. The van der Waals surface area contributed by atoms with Crippen molar-refractivity contribution in [3.63, 3.8) is 0 Å². The van der Waals surface area contributed by atoms with Crippen LogP contribution in [0.25, 0.3) is 11.0 Å². The van der Waals surface area contributed by atoms with Gasteiger partial charge in [0.25, 0.3) is 0 Å². The van der Waals surface area contributed by atoms with E-state index in [1.54, 1.807) is 0 Å². The highest BCUT2D eigenvalue weighted by molar-refractivity contribution is 5.76. The van der Waals surface area contributed by atoms with Crippen LogP contribution in [0.5, 0.6) is 0 Å². The summed E-state index contributed by atoms with van der Waals surface area (Å²) in [5.74, 6) is -0.896. The summed E-state index contributed by atoms with van der Waals surface area (Å²) < 4.78 is 29.1. The zero-order chi connectivity index (χ0) is 16.2. The van der Waals surface area contributed by atoms with E-state index in [9.17, 15) is 8.78 Å². The van der Waals surface area contributed by atoms with Crippen LogP contribution in [-0.4, -0.2) is 16.1 Å². The van der Waals surface area contributed by atoms with Crippen molar-refractivity contribution in [2.45, 2.75) is 25.8 Å². The molecule has 0 bridgehead atoms. The Balaban J connectivity index is 2.02. The Bertz CT molecular complexity index is 797. The lowest BCUT2D eigenvalue weighted by molar-refractivity contribution is 0.510. The van der Waals surface area contributed by atoms with Crippen LogP contribution in [-0.2, 0) is 13.0 Å². The molecule has 0 aliphatic rings. The molecule has 2 aromatic carbocycles. The van der Waals surface area contributed by atoms with Crippen molar-refractivity contribution in [3.05, 3.63) is 65.5 Å². The maximum atomic E-state index is 13.6. The van der Waals surface area contributed by atoms with Crippen molar-refractivity contribution in [1.29, 1.82) is 0 Å². The van der Waals surface area contributed by atoms with E-state index < -0.39 is 11.6 Å². The highest BCUT2D eigenvalue weighted by atomic mass is 19.2. The minimum absolute atomic E-state index is 0.488. The van der Waals surface area contributed by atoms with E-state index in [0.717, 1.165) is 24.2 Å². The van der Waals surface area contributed by atoms with E-state index in [1.165, 1.54) is 12.1 Å². The lowest BCUT2D eigenvalue weighted by Crippen LogP contribution is -2.07. The van der Waals surface area contributed by atoms with E-state index in [4.69, 9.17) is 5.73 Å². The third-order valence-corrected chi connectivity index (χ3v) is 3.91. The first kappa shape index (κ1) is 15.6. The highest BCUT2D eigenvalue weighted by Crippen LogP contribution is 2.22. The van der Waals surface area contributed by atoms with Crippen LogP contribution < -0.4 is 5.73 Å². The molecular formula is C18H19F2N3. The molecule has 0 saturated carbocycles. The van der Waals surface area contributed by atoms with Gasteiger partial charge in [-0.25, -0.2) is 13.8 Å². The second-order valence-corrected chi connectivity index (χ2v) is 5.59. The van der Waals surface area contributed by atoms with Gasteiger partial charge in [-0.05, 0) is 24.9 Å². The van der Waals surface area contributed by atoms with Crippen molar-refractivity contribution >= 4 is 11.0 Å². The van der Waals surface area contributed by atoms with Gasteiger partial charge in [0, 0.05) is 25.1 Å². The van der Waals surface area contributed by atoms with Gasteiger partial charge in [-0.3, -0.25) is 0 Å². The molecule has 0 fully saturated rings. The Morgan fingerprint density at radius 1 is 1.00 bits per heavy atom. The summed E-state index contributed by atoms with van der Waals surface area (Å²) in [5, 5.41) is 0. The summed E-state index contributed by atoms with van der Waals surface area (Å²) in [7, 11) is 0. The lowest BCUT2D eigenvalue weighted by Gasteiger charge is -2.09. The van der Waals surface area contributed by atoms with Crippen LogP contribution in [0.4, 0.5) is 8.78 Å². The summed E-state index contributed by atoms with van der Waals surface area (Å²) in [4.78, 5) is 4.51. The molecule has 0 saturated heterocycles. The lowest BCUT2D eigenvalue weighted by atomic mass is 10.1. The number of halogens is 2. The summed E-state index contributed by atoms with van der Waals surface area (Å²) in [6, 6.07) is 12.3. The number of aryl methyl sites for hydroxylation is 1. The zero-order valence-corrected chi connectivity index (χ0v) is 12.8. The molecule has 0 spiro atoms. The molecule has 3 rings (SSSR count).